The number of hydrogen-bond acceptors (Lipinski definition) is 0. The summed E-state index contributed by atoms with van der Waals surface area (Å²) in [5.41, 5.74) is 0. The summed E-state index contributed by atoms with van der Waals surface area (Å²) in [6, 6.07) is 0. The Morgan fingerprint density at radius 2 is 1.25 bits per heavy atom. The molecule has 0 fully saturated rings. The summed E-state index contributed by atoms with van der Waals surface area (Å²) in [5, 5.41) is 0. The van der Waals surface area contributed by atoms with E-state index in [4.69, 9.17) is 0 Å². The fraction of sp³-hybridized carbons (Fsp3) is 0. The van der Waals surface area contributed by atoms with Crippen molar-refractivity contribution < 1.29 is 54.7 Å². The predicted molar refractivity (Wildman–Crippen MR) is 11.1 cm³/mol. The van der Waals surface area contributed by atoms with Crippen LogP contribution in [-0.4, -0.2) is 17.4 Å². The third kappa shape index (κ3) is 8.89. The smallest absolute Gasteiger partial charge is 1.00 e. The zero-order chi connectivity index (χ0) is 0. The molecule has 22 valence electrons. The molecule has 0 aliphatic rings. The molecule has 0 nitrogen and oxygen atoms in total. The summed E-state index contributed by atoms with van der Waals surface area (Å²) in [6.07, 6.45) is 0. The van der Waals surface area contributed by atoms with Gasteiger partial charge in [0.25, 0.3) is 0 Å². The van der Waals surface area contributed by atoms with Crippen LogP contribution in [0, 0.1) is 0 Å². The molecule has 0 radical (unpaired) electrons. The Hall–Kier alpha value is 2.18. The first-order valence-electron chi connectivity index (χ1n) is 0. The van der Waals surface area contributed by atoms with Gasteiger partial charge in [0.2, 0.25) is 0 Å². The minimum atomic E-state index is 0. The van der Waals surface area contributed by atoms with E-state index in [-0.39, 0.29) is 72.1 Å². The average molecular weight is 146 g/mol. The summed E-state index contributed by atoms with van der Waals surface area (Å²) >= 11 is 0. The predicted octanol–water partition coefficient (Wildman–Crippen LogP) is -4.07. The topological polar surface area (TPSA) is 0 Å². The van der Waals surface area contributed by atoms with Gasteiger partial charge in [-0.1, -0.05) is 0 Å². The van der Waals surface area contributed by atoms with Gasteiger partial charge in [-0.3, -0.25) is 0 Å². The van der Waals surface area contributed by atoms with Gasteiger partial charge in [-0.2, -0.15) is 0 Å². The first kappa shape index (κ1) is 34.9. The number of hydrogen-bond donors (Lipinski definition) is 0. The summed E-state index contributed by atoms with van der Waals surface area (Å²) in [6.45, 7) is 0. The molecule has 0 atom stereocenters. The van der Waals surface area contributed by atoms with Crippen LogP contribution in [-0.2, 0) is 34.4 Å². The van der Waals surface area contributed by atoms with Crippen molar-refractivity contribution in [2.45, 2.75) is 0 Å². The van der Waals surface area contributed by atoms with Gasteiger partial charge in [-0.25, -0.2) is 0 Å². The van der Waals surface area contributed by atoms with Crippen molar-refractivity contribution >= 4 is 17.4 Å². The molecule has 0 heterocycles. The van der Waals surface area contributed by atoms with E-state index in [2.05, 4.69) is 0 Å². The average Bonchev–Trinajstić information content (AvgIpc) is 0. The maximum Gasteiger partial charge on any atom is 1.00 e. The van der Waals surface area contributed by atoms with Crippen LogP contribution < -0.4 is 18.9 Å². The third-order valence-corrected chi connectivity index (χ3v) is 0. The molecule has 0 rings (SSSR count). The molecule has 0 saturated heterocycles. The zero-order valence-electron chi connectivity index (χ0n) is 2.76. The summed E-state index contributed by atoms with van der Waals surface area (Å²) < 4.78 is 0. The van der Waals surface area contributed by atoms with E-state index in [0.29, 0.717) is 0 Å². The summed E-state index contributed by atoms with van der Waals surface area (Å²) in [7, 11) is 0. The molecule has 4 heavy (non-hydrogen) atoms. The van der Waals surface area contributed by atoms with Crippen molar-refractivity contribution in [2.24, 2.45) is 0 Å². The fourth-order valence-corrected chi connectivity index (χ4v) is 0. The van der Waals surface area contributed by atoms with Crippen molar-refractivity contribution in [1.82, 2.24) is 0 Å². The van der Waals surface area contributed by atoms with Gasteiger partial charge in [0, 0.05) is 34.4 Å². The third-order valence-electron chi connectivity index (χ3n) is 0. The van der Waals surface area contributed by atoms with E-state index in [1.807, 2.05) is 0 Å². The van der Waals surface area contributed by atoms with Gasteiger partial charge in [0.15, 0.2) is 17.4 Å². The van der Waals surface area contributed by atoms with Gasteiger partial charge < -0.3 is 1.43 Å². The molecule has 0 aliphatic carbocycles. The Labute approximate surface area is 71.5 Å². The van der Waals surface area contributed by atoms with Crippen LogP contribution in [0.4, 0.5) is 0 Å². The van der Waals surface area contributed by atoms with E-state index >= 15 is 0 Å². The van der Waals surface area contributed by atoms with Crippen molar-refractivity contribution in [3.63, 3.8) is 0 Å². The molecule has 0 aliphatic heterocycles. The molecule has 4 heteroatoms. The Morgan fingerprint density at radius 1 is 1.25 bits per heavy atom. The molecule has 0 amide bonds. The second kappa shape index (κ2) is 19.0. The van der Waals surface area contributed by atoms with E-state index in [1.54, 1.807) is 0 Å². The molecule has 0 N–H and O–H groups in total. The molecule has 0 saturated carbocycles. The maximum absolute atomic E-state index is 0. The molecule has 0 unspecified atom stereocenters. The van der Waals surface area contributed by atoms with Crippen LogP contribution >= 0.6 is 0 Å². The maximum atomic E-state index is 0. The standard InChI is InChI=1S/Al.Cr.Fe.Li.4H/q;;;+1;;;;-1. The molecular weight excluding hydrogens is 142 g/mol. The van der Waals surface area contributed by atoms with Crippen LogP contribution in [0.15, 0.2) is 0 Å². The van der Waals surface area contributed by atoms with Gasteiger partial charge in [-0.05, 0) is 0 Å². The Bertz CT molecular complexity index is 11.6. The molecule has 0 bridgehead atoms. The molecule has 0 aromatic heterocycles. The van der Waals surface area contributed by atoms with E-state index in [1.165, 1.54) is 0 Å². The van der Waals surface area contributed by atoms with E-state index < -0.39 is 0 Å². The molecule has 0 spiro atoms. The fourth-order valence-electron chi connectivity index (χ4n) is 0. The van der Waals surface area contributed by atoms with Gasteiger partial charge >= 0.3 is 18.9 Å². The van der Waals surface area contributed by atoms with Gasteiger partial charge in [0.1, 0.15) is 0 Å². The Morgan fingerprint density at radius 3 is 1.25 bits per heavy atom. The first-order chi connectivity index (χ1) is 0. The van der Waals surface area contributed by atoms with Crippen molar-refractivity contribution in [2.75, 3.05) is 0 Å². The molecule has 0 aromatic rings. The van der Waals surface area contributed by atoms with Gasteiger partial charge in [0.05, 0.1) is 0 Å². The quantitative estimate of drug-likeness (QED) is 0.305. The Kier molecular flexibility index (Phi) is 166. The normalized spacial score (nSPS) is 0. The number of rotatable bonds is 0. The second-order valence-electron chi connectivity index (χ2n) is 0. The van der Waals surface area contributed by atoms with Crippen molar-refractivity contribution in [1.29, 1.82) is 0 Å². The van der Waals surface area contributed by atoms with Crippen LogP contribution in [0.3, 0.4) is 0 Å². The first-order valence-corrected chi connectivity index (χ1v) is 0. The zero-order valence-corrected chi connectivity index (χ0v) is 4.14. The van der Waals surface area contributed by atoms with Crippen LogP contribution in [0.1, 0.15) is 1.43 Å². The van der Waals surface area contributed by atoms with E-state index in [9.17, 15) is 0 Å². The van der Waals surface area contributed by atoms with Crippen LogP contribution in [0.25, 0.3) is 0 Å². The molecular formula is H4AlCrFeLi. The van der Waals surface area contributed by atoms with Crippen molar-refractivity contribution in [3.8, 4) is 0 Å². The Balaban J connectivity index is 0. The van der Waals surface area contributed by atoms with Gasteiger partial charge in [-0.15, -0.1) is 0 Å². The van der Waals surface area contributed by atoms with Crippen LogP contribution in [0.2, 0.25) is 0 Å². The van der Waals surface area contributed by atoms with E-state index in [0.717, 1.165) is 0 Å². The van der Waals surface area contributed by atoms with Crippen LogP contribution in [0.5, 0.6) is 0 Å². The molecule has 0 aromatic carbocycles. The minimum Gasteiger partial charge on any atom is -1.00 e. The second-order valence-corrected chi connectivity index (χ2v) is 0. The monoisotopic (exact) mass is 146 g/mol. The SMILES string of the molecule is [AlH3].[Cr].[Fe].[H-].[Li+]. The minimum absolute atomic E-state index is 0. The largest absolute Gasteiger partial charge is 1.00 e. The van der Waals surface area contributed by atoms with Crippen molar-refractivity contribution in [3.05, 3.63) is 0 Å². The summed E-state index contributed by atoms with van der Waals surface area (Å²) in [4.78, 5) is 0. The summed E-state index contributed by atoms with van der Waals surface area (Å²) in [5.74, 6) is 0.